The standard InChI is InChI=1S/C28H20N2OSi/c1-4-10-21(11-5-1)32(22-12-6-2-7-13-22,23-14-8-3-9-15-23)24-16-17-26-25(18-24)28-27(31-26)19-29-20-30-28/h1-20H. The van der Waals surface area contributed by atoms with Gasteiger partial charge in [0.25, 0.3) is 0 Å². The average Bonchev–Trinajstić information content (AvgIpc) is 3.25. The van der Waals surface area contributed by atoms with Crippen molar-refractivity contribution in [2.75, 3.05) is 0 Å². The Morgan fingerprint density at radius 2 is 1.12 bits per heavy atom. The van der Waals surface area contributed by atoms with Gasteiger partial charge in [-0.05, 0) is 32.9 Å². The number of fused-ring (bicyclic) bond motifs is 3. The van der Waals surface area contributed by atoms with Crippen LogP contribution in [0, 0.1) is 0 Å². The molecule has 32 heavy (non-hydrogen) atoms. The van der Waals surface area contributed by atoms with Gasteiger partial charge < -0.3 is 4.42 Å². The fraction of sp³-hybridized carbons (Fsp3) is 0. The van der Waals surface area contributed by atoms with Gasteiger partial charge in [0.15, 0.2) is 13.7 Å². The van der Waals surface area contributed by atoms with E-state index in [1.54, 1.807) is 12.5 Å². The van der Waals surface area contributed by atoms with E-state index in [1.807, 2.05) is 0 Å². The molecule has 4 heteroatoms. The molecular weight excluding hydrogens is 408 g/mol. The molecule has 0 saturated heterocycles. The highest BCUT2D eigenvalue weighted by Crippen LogP contribution is 2.26. The first kappa shape index (κ1) is 18.7. The lowest BCUT2D eigenvalue weighted by atomic mass is 10.2. The van der Waals surface area contributed by atoms with Gasteiger partial charge in [0.05, 0.1) is 6.20 Å². The summed E-state index contributed by atoms with van der Waals surface area (Å²) in [7, 11) is -2.56. The lowest BCUT2D eigenvalue weighted by molar-refractivity contribution is 0.666. The highest BCUT2D eigenvalue weighted by atomic mass is 28.3. The molecule has 0 aliphatic heterocycles. The topological polar surface area (TPSA) is 38.9 Å². The van der Waals surface area contributed by atoms with Crippen LogP contribution < -0.4 is 20.7 Å². The molecular formula is C28H20N2OSi. The van der Waals surface area contributed by atoms with Crippen LogP contribution in [0.1, 0.15) is 0 Å². The molecule has 3 nitrogen and oxygen atoms in total. The lowest BCUT2D eigenvalue weighted by Gasteiger charge is -2.34. The maximum Gasteiger partial charge on any atom is 0.179 e. The summed E-state index contributed by atoms with van der Waals surface area (Å²) < 4.78 is 6.03. The summed E-state index contributed by atoms with van der Waals surface area (Å²) in [5.41, 5.74) is 2.40. The van der Waals surface area contributed by atoms with Gasteiger partial charge in [0.2, 0.25) is 0 Å². The maximum atomic E-state index is 6.03. The van der Waals surface area contributed by atoms with Gasteiger partial charge in [-0.1, -0.05) is 97.1 Å². The fourth-order valence-electron chi connectivity index (χ4n) is 4.81. The number of benzene rings is 4. The third-order valence-electron chi connectivity index (χ3n) is 6.19. The van der Waals surface area contributed by atoms with Gasteiger partial charge in [0, 0.05) is 5.39 Å². The summed E-state index contributed by atoms with van der Waals surface area (Å²) in [5, 5.41) is 6.37. The van der Waals surface area contributed by atoms with Crippen LogP contribution >= 0.6 is 0 Å². The molecule has 0 aliphatic rings. The molecule has 0 saturated carbocycles. The zero-order valence-electron chi connectivity index (χ0n) is 17.3. The second-order valence-electron chi connectivity index (χ2n) is 7.90. The predicted molar refractivity (Wildman–Crippen MR) is 133 cm³/mol. The lowest BCUT2D eigenvalue weighted by Crippen LogP contribution is -2.74. The van der Waals surface area contributed by atoms with E-state index in [1.165, 1.54) is 20.7 Å². The second-order valence-corrected chi connectivity index (χ2v) is 11.7. The first-order chi connectivity index (χ1) is 15.9. The van der Waals surface area contributed by atoms with Crippen molar-refractivity contribution in [1.29, 1.82) is 0 Å². The largest absolute Gasteiger partial charge is 0.453 e. The van der Waals surface area contributed by atoms with E-state index in [2.05, 4.69) is 119 Å². The minimum atomic E-state index is -2.56. The van der Waals surface area contributed by atoms with E-state index in [0.29, 0.717) is 5.58 Å². The Morgan fingerprint density at radius 1 is 0.562 bits per heavy atom. The van der Waals surface area contributed by atoms with Crippen LogP contribution in [0.5, 0.6) is 0 Å². The van der Waals surface area contributed by atoms with E-state index in [9.17, 15) is 0 Å². The highest BCUT2D eigenvalue weighted by Gasteiger charge is 2.41. The first-order valence-corrected chi connectivity index (χ1v) is 12.7. The van der Waals surface area contributed by atoms with Crippen molar-refractivity contribution in [1.82, 2.24) is 9.97 Å². The van der Waals surface area contributed by atoms with E-state index >= 15 is 0 Å². The number of aromatic nitrogens is 2. The minimum Gasteiger partial charge on any atom is -0.453 e. The van der Waals surface area contributed by atoms with Crippen LogP contribution in [-0.4, -0.2) is 18.0 Å². The SMILES string of the molecule is c1ccc([Si](c2ccccc2)(c2ccccc2)c2ccc3oc4cncnc4c3c2)cc1. The van der Waals surface area contributed by atoms with E-state index in [4.69, 9.17) is 4.42 Å². The molecule has 0 radical (unpaired) electrons. The van der Waals surface area contributed by atoms with Gasteiger partial charge in [-0.15, -0.1) is 0 Å². The third-order valence-corrected chi connectivity index (χ3v) is 11.0. The fourth-order valence-corrected chi connectivity index (χ4v) is 9.59. The molecule has 0 amide bonds. The zero-order valence-corrected chi connectivity index (χ0v) is 18.3. The number of hydrogen-bond donors (Lipinski definition) is 0. The van der Waals surface area contributed by atoms with Crippen molar-refractivity contribution in [3.63, 3.8) is 0 Å². The van der Waals surface area contributed by atoms with Gasteiger partial charge in [0.1, 0.15) is 17.4 Å². The average molecular weight is 429 g/mol. The number of furan rings is 1. The maximum absolute atomic E-state index is 6.03. The molecule has 0 bridgehead atoms. The Labute approximate surface area is 187 Å². The molecule has 0 atom stereocenters. The Bertz CT molecular complexity index is 1420. The molecule has 152 valence electrons. The summed E-state index contributed by atoms with van der Waals surface area (Å²) in [5.74, 6) is 0. The Morgan fingerprint density at radius 3 is 1.69 bits per heavy atom. The Hall–Kier alpha value is -4.02. The molecule has 4 aromatic carbocycles. The molecule has 2 aromatic heterocycles. The van der Waals surface area contributed by atoms with Crippen LogP contribution in [0.2, 0.25) is 0 Å². The van der Waals surface area contributed by atoms with Crippen molar-refractivity contribution in [3.05, 3.63) is 122 Å². The number of nitrogens with zero attached hydrogens (tertiary/aromatic N) is 2. The third kappa shape index (κ3) is 2.81. The minimum absolute atomic E-state index is 0.714. The van der Waals surface area contributed by atoms with Crippen molar-refractivity contribution in [3.8, 4) is 0 Å². The van der Waals surface area contributed by atoms with Gasteiger partial charge in [-0.25, -0.2) is 9.97 Å². The molecule has 0 unspecified atom stereocenters. The summed E-state index contributed by atoms with van der Waals surface area (Å²) >= 11 is 0. The molecule has 6 aromatic rings. The van der Waals surface area contributed by atoms with E-state index < -0.39 is 8.07 Å². The zero-order chi connectivity index (χ0) is 21.4. The Balaban J connectivity index is 1.76. The van der Waals surface area contributed by atoms with Crippen LogP contribution in [0.3, 0.4) is 0 Å². The Kier molecular flexibility index (Phi) is 4.44. The smallest absolute Gasteiger partial charge is 0.179 e. The monoisotopic (exact) mass is 428 g/mol. The molecule has 0 N–H and O–H groups in total. The van der Waals surface area contributed by atoms with Gasteiger partial charge in [-0.3, -0.25) is 0 Å². The van der Waals surface area contributed by atoms with Gasteiger partial charge in [-0.2, -0.15) is 0 Å². The quantitative estimate of drug-likeness (QED) is 0.317. The first-order valence-electron chi connectivity index (χ1n) is 10.7. The second kappa shape index (κ2) is 7.59. The highest BCUT2D eigenvalue weighted by molar-refractivity contribution is 7.20. The van der Waals surface area contributed by atoms with Crippen molar-refractivity contribution < 1.29 is 4.42 Å². The summed E-state index contributed by atoms with van der Waals surface area (Å²) in [6.45, 7) is 0. The normalized spacial score (nSPS) is 11.8. The summed E-state index contributed by atoms with van der Waals surface area (Å²) in [4.78, 5) is 8.65. The summed E-state index contributed by atoms with van der Waals surface area (Å²) in [6, 6.07) is 39.3. The molecule has 0 spiro atoms. The van der Waals surface area contributed by atoms with Gasteiger partial charge >= 0.3 is 0 Å². The van der Waals surface area contributed by atoms with Crippen LogP contribution in [-0.2, 0) is 0 Å². The van der Waals surface area contributed by atoms with Crippen molar-refractivity contribution in [2.24, 2.45) is 0 Å². The molecule has 0 aliphatic carbocycles. The number of rotatable bonds is 4. The number of hydrogen-bond acceptors (Lipinski definition) is 3. The van der Waals surface area contributed by atoms with Crippen LogP contribution in [0.25, 0.3) is 22.1 Å². The van der Waals surface area contributed by atoms with E-state index in [0.717, 1.165) is 16.5 Å². The molecule has 6 rings (SSSR count). The van der Waals surface area contributed by atoms with E-state index in [-0.39, 0.29) is 0 Å². The van der Waals surface area contributed by atoms with Crippen LogP contribution in [0.4, 0.5) is 0 Å². The summed E-state index contributed by atoms with van der Waals surface area (Å²) in [6.07, 6.45) is 3.32. The predicted octanol–water partition coefficient (Wildman–Crippen LogP) is 3.75. The van der Waals surface area contributed by atoms with Crippen molar-refractivity contribution in [2.45, 2.75) is 0 Å². The molecule has 2 heterocycles. The van der Waals surface area contributed by atoms with Crippen LogP contribution in [0.15, 0.2) is 126 Å². The van der Waals surface area contributed by atoms with Crippen molar-refractivity contribution >= 4 is 50.9 Å². The molecule has 0 fully saturated rings.